The summed E-state index contributed by atoms with van der Waals surface area (Å²) in [6, 6.07) is 11.4. The topological polar surface area (TPSA) is 84.0 Å². The van der Waals surface area contributed by atoms with Crippen LogP contribution in [0.3, 0.4) is 0 Å². The molecular weight excluding hydrogens is 435 g/mol. The lowest BCUT2D eigenvalue weighted by Gasteiger charge is -2.35. The fraction of sp³-hybridized carbons (Fsp3) is 0.391. The number of hydrogen-bond donors (Lipinski definition) is 0. The largest absolute Gasteiger partial charge is 0.484 e. The highest BCUT2D eigenvalue weighted by Gasteiger charge is 2.50. The average Bonchev–Trinajstić information content (AvgIpc) is 3.42. The normalized spacial score (nSPS) is 25.7. The lowest BCUT2D eigenvalue weighted by Crippen LogP contribution is -2.50. The molecule has 2 unspecified atom stereocenters. The van der Waals surface area contributed by atoms with Crippen LogP contribution in [-0.2, 0) is 14.8 Å². The first-order valence-corrected chi connectivity index (χ1v) is 12.1. The quantitative estimate of drug-likeness (QED) is 0.706. The zero-order valence-corrected chi connectivity index (χ0v) is 18.2. The van der Waals surface area contributed by atoms with Gasteiger partial charge in [0.2, 0.25) is 15.9 Å². The van der Waals surface area contributed by atoms with Crippen LogP contribution in [0.4, 0.5) is 4.39 Å². The van der Waals surface area contributed by atoms with Crippen molar-refractivity contribution in [2.24, 2.45) is 0 Å². The number of sulfonamides is 1. The Bertz CT molecular complexity index is 1200. The number of hydrogen-bond acceptors (Lipinski definition) is 5. The third-order valence-corrected chi connectivity index (χ3v) is 8.48. The third kappa shape index (κ3) is 3.40. The maximum absolute atomic E-state index is 14.2. The van der Waals surface area contributed by atoms with Crippen LogP contribution >= 0.6 is 0 Å². The molecule has 7 nitrogen and oxygen atoms in total. The van der Waals surface area contributed by atoms with Gasteiger partial charge < -0.3 is 9.64 Å². The Labute approximate surface area is 185 Å². The lowest BCUT2D eigenvalue weighted by atomic mass is 9.89. The number of nitrogens with zero attached hydrogens (tertiary/aromatic N) is 2. The van der Waals surface area contributed by atoms with Crippen molar-refractivity contribution in [1.82, 2.24) is 9.21 Å². The van der Waals surface area contributed by atoms with Gasteiger partial charge >= 0.3 is 0 Å². The summed E-state index contributed by atoms with van der Waals surface area (Å²) in [5, 5.41) is 0. The van der Waals surface area contributed by atoms with Crippen LogP contribution in [0.5, 0.6) is 5.75 Å². The molecule has 0 saturated carbocycles. The number of rotatable bonds is 3. The van der Waals surface area contributed by atoms with Crippen molar-refractivity contribution in [1.29, 1.82) is 0 Å². The molecule has 0 aromatic heterocycles. The average molecular weight is 459 g/mol. The smallest absolute Gasteiger partial charge is 0.246 e. The van der Waals surface area contributed by atoms with Gasteiger partial charge in [-0.05, 0) is 37.1 Å². The van der Waals surface area contributed by atoms with Crippen LogP contribution in [-0.4, -0.2) is 60.6 Å². The number of benzene rings is 2. The molecule has 0 N–H and O–H groups in total. The van der Waals surface area contributed by atoms with Crippen molar-refractivity contribution in [2.45, 2.75) is 42.2 Å². The molecule has 2 aromatic rings. The first-order valence-electron chi connectivity index (χ1n) is 10.7. The first-order chi connectivity index (χ1) is 15.3. The van der Waals surface area contributed by atoms with Crippen LogP contribution in [0, 0.1) is 5.82 Å². The van der Waals surface area contributed by atoms with Crippen molar-refractivity contribution >= 4 is 21.7 Å². The number of ketones is 1. The summed E-state index contributed by atoms with van der Waals surface area (Å²) in [4.78, 5) is 27.2. The van der Waals surface area contributed by atoms with E-state index in [0.717, 1.165) is 10.4 Å². The van der Waals surface area contributed by atoms with Crippen molar-refractivity contribution in [3.05, 3.63) is 59.9 Å². The Morgan fingerprint density at radius 3 is 2.66 bits per heavy atom. The number of carbonyl (C=O) groups excluding carboxylic acids is 2. The van der Waals surface area contributed by atoms with Crippen LogP contribution < -0.4 is 4.74 Å². The highest BCUT2D eigenvalue weighted by Crippen LogP contribution is 2.39. The van der Waals surface area contributed by atoms with Gasteiger partial charge in [0.1, 0.15) is 28.1 Å². The van der Waals surface area contributed by atoms with E-state index in [1.54, 1.807) is 29.2 Å². The summed E-state index contributed by atoms with van der Waals surface area (Å²) in [5.74, 6) is -0.666. The molecular formula is C23H23FN2O5S. The second-order valence-corrected chi connectivity index (χ2v) is 10.5. The van der Waals surface area contributed by atoms with E-state index >= 15 is 0 Å². The summed E-state index contributed by atoms with van der Waals surface area (Å²) in [6.45, 7) is 0.753. The van der Waals surface area contributed by atoms with Crippen LogP contribution in [0.2, 0.25) is 0 Å². The van der Waals surface area contributed by atoms with Crippen molar-refractivity contribution in [3.8, 4) is 5.75 Å². The van der Waals surface area contributed by atoms with E-state index in [1.165, 1.54) is 18.2 Å². The molecule has 0 radical (unpaired) electrons. The number of ether oxygens (including phenoxy) is 1. The van der Waals surface area contributed by atoms with E-state index < -0.39 is 32.4 Å². The van der Waals surface area contributed by atoms with Gasteiger partial charge in [0.15, 0.2) is 5.78 Å². The molecule has 2 atom stereocenters. The number of carbonyl (C=O) groups is 2. The molecule has 1 spiro atoms. The second-order valence-electron chi connectivity index (χ2n) is 8.60. The molecule has 9 heteroatoms. The van der Waals surface area contributed by atoms with Crippen LogP contribution in [0.1, 0.15) is 36.0 Å². The maximum atomic E-state index is 14.2. The molecule has 0 aliphatic carbocycles. The van der Waals surface area contributed by atoms with Crippen molar-refractivity contribution in [3.63, 3.8) is 0 Å². The Morgan fingerprint density at radius 1 is 1.09 bits per heavy atom. The fourth-order valence-corrected chi connectivity index (χ4v) is 6.69. The highest BCUT2D eigenvalue weighted by atomic mass is 32.2. The number of Topliss-reactive ketones (excluding diaryl/α,β-unsaturated/α-hetero) is 1. The fourth-order valence-electron chi connectivity index (χ4n) is 4.97. The molecule has 2 fully saturated rings. The molecule has 5 rings (SSSR count). The molecule has 1 amide bonds. The van der Waals surface area contributed by atoms with E-state index in [4.69, 9.17) is 4.74 Å². The van der Waals surface area contributed by atoms with Gasteiger partial charge in [-0.2, -0.15) is 4.31 Å². The Balaban J connectivity index is 1.36. The van der Waals surface area contributed by atoms with Gasteiger partial charge in [-0.1, -0.05) is 24.3 Å². The number of amides is 1. The SMILES string of the molecule is O=C1CC2(CCN(C(=O)C3CCCN3S(=O)(=O)c3ccccc3F)C2)Oc2ccccc21. The van der Waals surface area contributed by atoms with Gasteiger partial charge in [-0.15, -0.1) is 0 Å². The summed E-state index contributed by atoms with van der Waals surface area (Å²) in [6.07, 6.45) is 1.56. The predicted octanol–water partition coefficient (Wildman–Crippen LogP) is 2.62. The second kappa shape index (κ2) is 7.67. The zero-order valence-electron chi connectivity index (χ0n) is 17.4. The number of para-hydroxylation sites is 1. The molecule has 0 bridgehead atoms. The Hall–Kier alpha value is -2.78. The Kier molecular flexibility index (Phi) is 5.05. The molecule has 2 aromatic carbocycles. The molecule has 168 valence electrons. The van der Waals surface area contributed by atoms with Crippen LogP contribution in [0.25, 0.3) is 0 Å². The first kappa shape index (κ1) is 21.1. The van der Waals surface area contributed by atoms with Crippen LogP contribution in [0.15, 0.2) is 53.4 Å². The van der Waals surface area contributed by atoms with E-state index in [2.05, 4.69) is 0 Å². The minimum absolute atomic E-state index is 0.0224. The summed E-state index contributed by atoms with van der Waals surface area (Å²) < 4.78 is 47.7. The number of fused-ring (bicyclic) bond motifs is 1. The van der Waals surface area contributed by atoms with Gasteiger partial charge in [0.05, 0.1) is 18.5 Å². The summed E-state index contributed by atoms with van der Waals surface area (Å²) in [7, 11) is -4.15. The third-order valence-electron chi connectivity index (χ3n) is 6.54. The predicted molar refractivity (Wildman–Crippen MR) is 113 cm³/mol. The monoisotopic (exact) mass is 458 g/mol. The standard InChI is InChI=1S/C23H23FN2O5S/c24-17-7-2-4-10-21(17)32(29,30)26-12-5-8-18(26)22(28)25-13-11-23(15-25)14-19(27)16-6-1-3-9-20(16)31-23/h1-4,6-7,9-10,18H,5,8,11-15H2. The van der Waals surface area contributed by atoms with Gasteiger partial charge in [-0.25, -0.2) is 12.8 Å². The summed E-state index contributed by atoms with van der Waals surface area (Å²) in [5.41, 5.74) is -0.254. The van der Waals surface area contributed by atoms with E-state index in [9.17, 15) is 22.4 Å². The van der Waals surface area contributed by atoms with E-state index in [1.807, 2.05) is 0 Å². The van der Waals surface area contributed by atoms with E-state index in [-0.39, 0.29) is 31.2 Å². The van der Waals surface area contributed by atoms with E-state index in [0.29, 0.717) is 37.1 Å². The maximum Gasteiger partial charge on any atom is 0.246 e. The molecule has 3 aliphatic rings. The van der Waals surface area contributed by atoms with Crippen molar-refractivity contribution < 1.29 is 27.1 Å². The number of likely N-dealkylation sites (tertiary alicyclic amines) is 1. The summed E-state index contributed by atoms with van der Waals surface area (Å²) >= 11 is 0. The van der Waals surface area contributed by atoms with Gasteiger partial charge in [0.25, 0.3) is 0 Å². The minimum Gasteiger partial charge on any atom is -0.484 e. The highest BCUT2D eigenvalue weighted by molar-refractivity contribution is 7.89. The minimum atomic E-state index is -4.15. The lowest BCUT2D eigenvalue weighted by molar-refractivity contribution is -0.134. The Morgan fingerprint density at radius 2 is 1.84 bits per heavy atom. The van der Waals surface area contributed by atoms with Gasteiger partial charge in [0, 0.05) is 19.5 Å². The van der Waals surface area contributed by atoms with Crippen molar-refractivity contribution in [2.75, 3.05) is 19.6 Å². The molecule has 3 aliphatic heterocycles. The van der Waals surface area contributed by atoms with Gasteiger partial charge in [-0.3, -0.25) is 9.59 Å². The molecule has 3 heterocycles. The number of halogens is 1. The molecule has 32 heavy (non-hydrogen) atoms. The zero-order chi connectivity index (χ0) is 22.5. The molecule has 2 saturated heterocycles.